The number of hydrogen-bond acceptors (Lipinski definition) is 6. The lowest BCUT2D eigenvalue weighted by Crippen LogP contribution is -2.22. The molecular formula is C19H19NO5S. The minimum Gasteiger partial charge on any atom is -0.486 e. The summed E-state index contributed by atoms with van der Waals surface area (Å²) in [5.41, 5.74) is 0.689. The lowest BCUT2D eigenvalue weighted by molar-refractivity contribution is -0.115. The van der Waals surface area contributed by atoms with Crippen LogP contribution < -0.4 is 24.3 Å². The van der Waals surface area contributed by atoms with Crippen LogP contribution in [0.1, 0.15) is 6.92 Å². The van der Waals surface area contributed by atoms with Gasteiger partial charge < -0.3 is 24.3 Å². The topological polar surface area (TPSA) is 66.0 Å². The van der Waals surface area contributed by atoms with Gasteiger partial charge in [0, 0.05) is 16.6 Å². The first-order chi connectivity index (χ1) is 12.7. The monoisotopic (exact) mass is 373 g/mol. The maximum Gasteiger partial charge on any atom is 0.237 e. The number of fused-ring (bicyclic) bond motifs is 2. The first kappa shape index (κ1) is 16.9. The Morgan fingerprint density at radius 3 is 2.15 bits per heavy atom. The largest absolute Gasteiger partial charge is 0.486 e. The summed E-state index contributed by atoms with van der Waals surface area (Å²) in [6, 6.07) is 11.1. The van der Waals surface area contributed by atoms with E-state index in [0.717, 1.165) is 16.4 Å². The van der Waals surface area contributed by atoms with Crippen molar-refractivity contribution in [1.82, 2.24) is 0 Å². The van der Waals surface area contributed by atoms with Gasteiger partial charge in [-0.25, -0.2) is 0 Å². The average Bonchev–Trinajstić information content (AvgIpc) is 2.67. The SMILES string of the molecule is C[C@@H](Sc1ccc2c(c1)OCCO2)C(=O)Nc1ccc2c(c1)OCCO2. The third kappa shape index (κ3) is 3.67. The van der Waals surface area contributed by atoms with Crippen molar-refractivity contribution in [3.63, 3.8) is 0 Å². The molecule has 2 aromatic carbocycles. The maximum absolute atomic E-state index is 12.5. The Balaban J connectivity index is 1.40. The highest BCUT2D eigenvalue weighted by atomic mass is 32.2. The van der Waals surface area contributed by atoms with Gasteiger partial charge in [-0.15, -0.1) is 11.8 Å². The third-order valence-corrected chi connectivity index (χ3v) is 5.10. The summed E-state index contributed by atoms with van der Waals surface area (Å²) in [5, 5.41) is 2.65. The van der Waals surface area contributed by atoms with E-state index in [-0.39, 0.29) is 11.2 Å². The fourth-order valence-corrected chi connectivity index (χ4v) is 3.62. The van der Waals surface area contributed by atoms with Gasteiger partial charge in [0.2, 0.25) is 5.91 Å². The molecule has 0 saturated heterocycles. The summed E-state index contributed by atoms with van der Waals surface area (Å²) in [7, 11) is 0. The highest BCUT2D eigenvalue weighted by Gasteiger charge is 2.19. The Kier molecular flexibility index (Phi) is 4.79. The van der Waals surface area contributed by atoms with Crippen LogP contribution in [-0.4, -0.2) is 37.6 Å². The number of nitrogens with one attached hydrogen (secondary N) is 1. The van der Waals surface area contributed by atoms with E-state index in [2.05, 4.69) is 5.32 Å². The molecule has 7 heteroatoms. The molecule has 4 rings (SSSR count). The zero-order chi connectivity index (χ0) is 17.9. The molecule has 0 saturated carbocycles. The van der Waals surface area contributed by atoms with Gasteiger partial charge in [-0.2, -0.15) is 0 Å². The van der Waals surface area contributed by atoms with Gasteiger partial charge in [-0.3, -0.25) is 4.79 Å². The number of rotatable bonds is 4. The highest BCUT2D eigenvalue weighted by molar-refractivity contribution is 8.00. The van der Waals surface area contributed by atoms with E-state index >= 15 is 0 Å². The highest BCUT2D eigenvalue weighted by Crippen LogP contribution is 2.36. The predicted octanol–water partition coefficient (Wildman–Crippen LogP) is 3.35. The van der Waals surface area contributed by atoms with Gasteiger partial charge in [-0.05, 0) is 37.3 Å². The van der Waals surface area contributed by atoms with Crippen LogP contribution in [0.15, 0.2) is 41.3 Å². The van der Waals surface area contributed by atoms with Crippen molar-refractivity contribution >= 4 is 23.4 Å². The lowest BCUT2D eigenvalue weighted by Gasteiger charge is -2.20. The summed E-state index contributed by atoms with van der Waals surface area (Å²) in [5.74, 6) is 2.74. The van der Waals surface area contributed by atoms with Crippen LogP contribution in [0.3, 0.4) is 0 Å². The first-order valence-corrected chi connectivity index (χ1v) is 9.34. The molecule has 136 valence electrons. The van der Waals surface area contributed by atoms with Crippen LogP contribution in [0.2, 0.25) is 0 Å². The summed E-state index contributed by atoms with van der Waals surface area (Å²) < 4.78 is 22.1. The third-order valence-electron chi connectivity index (χ3n) is 4.01. The number of ether oxygens (including phenoxy) is 4. The summed E-state index contributed by atoms with van der Waals surface area (Å²) in [4.78, 5) is 13.5. The van der Waals surface area contributed by atoms with Crippen molar-refractivity contribution in [2.45, 2.75) is 17.1 Å². The van der Waals surface area contributed by atoms with Crippen LogP contribution in [0.4, 0.5) is 5.69 Å². The number of amides is 1. The number of carbonyl (C=O) groups is 1. The first-order valence-electron chi connectivity index (χ1n) is 8.46. The number of hydrogen-bond donors (Lipinski definition) is 1. The minimum absolute atomic E-state index is 0.0819. The maximum atomic E-state index is 12.5. The Labute approximate surface area is 155 Å². The molecule has 1 amide bonds. The van der Waals surface area contributed by atoms with E-state index in [4.69, 9.17) is 18.9 Å². The van der Waals surface area contributed by atoms with Crippen LogP contribution in [0, 0.1) is 0 Å². The van der Waals surface area contributed by atoms with E-state index in [1.807, 2.05) is 37.3 Å². The molecule has 0 spiro atoms. The molecule has 2 heterocycles. The van der Waals surface area contributed by atoms with Crippen molar-refractivity contribution in [2.75, 3.05) is 31.7 Å². The smallest absolute Gasteiger partial charge is 0.237 e. The molecule has 26 heavy (non-hydrogen) atoms. The molecule has 2 aliphatic rings. The van der Waals surface area contributed by atoms with Gasteiger partial charge in [0.05, 0.1) is 5.25 Å². The van der Waals surface area contributed by atoms with Crippen molar-refractivity contribution < 1.29 is 23.7 Å². The minimum atomic E-state index is -0.272. The van der Waals surface area contributed by atoms with Crippen LogP contribution in [0.5, 0.6) is 23.0 Å². The number of carbonyl (C=O) groups excluding carboxylic acids is 1. The molecule has 0 radical (unpaired) electrons. The molecule has 0 fully saturated rings. The molecule has 2 aromatic rings. The number of anilines is 1. The Morgan fingerprint density at radius 1 is 0.885 bits per heavy atom. The number of thioether (sulfide) groups is 1. The van der Waals surface area contributed by atoms with Gasteiger partial charge in [-0.1, -0.05) is 0 Å². The molecule has 0 aromatic heterocycles. The summed E-state index contributed by atoms with van der Waals surface area (Å²) in [6.07, 6.45) is 0. The quantitative estimate of drug-likeness (QED) is 0.829. The predicted molar refractivity (Wildman–Crippen MR) is 98.8 cm³/mol. The molecule has 0 aliphatic carbocycles. The van der Waals surface area contributed by atoms with Crippen molar-refractivity contribution in [3.8, 4) is 23.0 Å². The molecule has 1 N–H and O–H groups in total. The van der Waals surface area contributed by atoms with E-state index in [1.165, 1.54) is 11.8 Å². The molecular weight excluding hydrogens is 354 g/mol. The second-order valence-corrected chi connectivity index (χ2v) is 7.33. The standard InChI is InChI=1S/C19H19NO5S/c1-12(26-14-3-5-16-18(11-14)25-9-7-23-16)19(21)20-13-2-4-15-17(10-13)24-8-6-22-15/h2-5,10-12H,6-9H2,1H3,(H,20,21)/t12-/m1/s1. The zero-order valence-corrected chi connectivity index (χ0v) is 15.1. The summed E-state index contributed by atoms with van der Waals surface area (Å²) in [6.45, 7) is 4.03. The molecule has 1 atom stereocenters. The van der Waals surface area contributed by atoms with Crippen LogP contribution in [-0.2, 0) is 4.79 Å². The fraction of sp³-hybridized carbons (Fsp3) is 0.316. The fourth-order valence-electron chi connectivity index (χ4n) is 2.72. The second kappa shape index (κ2) is 7.37. The van der Waals surface area contributed by atoms with Gasteiger partial charge in [0.15, 0.2) is 23.0 Å². The Bertz CT molecular complexity index is 826. The second-order valence-electron chi connectivity index (χ2n) is 5.91. The lowest BCUT2D eigenvalue weighted by atomic mass is 10.2. The van der Waals surface area contributed by atoms with Gasteiger partial charge >= 0.3 is 0 Å². The molecule has 0 bridgehead atoms. The van der Waals surface area contributed by atoms with E-state index in [9.17, 15) is 4.79 Å². The Hall–Kier alpha value is -2.54. The molecule has 2 aliphatic heterocycles. The van der Waals surface area contributed by atoms with E-state index in [1.54, 1.807) is 6.07 Å². The normalized spacial score (nSPS) is 15.9. The van der Waals surface area contributed by atoms with Crippen LogP contribution in [0.25, 0.3) is 0 Å². The van der Waals surface area contributed by atoms with Gasteiger partial charge in [0.1, 0.15) is 26.4 Å². The van der Waals surface area contributed by atoms with Gasteiger partial charge in [0.25, 0.3) is 0 Å². The molecule has 0 unspecified atom stereocenters. The Morgan fingerprint density at radius 2 is 1.46 bits per heavy atom. The zero-order valence-electron chi connectivity index (χ0n) is 14.3. The van der Waals surface area contributed by atoms with Crippen molar-refractivity contribution in [1.29, 1.82) is 0 Å². The number of benzene rings is 2. The average molecular weight is 373 g/mol. The van der Waals surface area contributed by atoms with Crippen LogP contribution >= 0.6 is 11.8 Å². The molecule has 6 nitrogen and oxygen atoms in total. The van der Waals surface area contributed by atoms with E-state index in [0.29, 0.717) is 43.6 Å². The van der Waals surface area contributed by atoms with E-state index < -0.39 is 0 Å². The van der Waals surface area contributed by atoms with Crippen molar-refractivity contribution in [3.05, 3.63) is 36.4 Å². The summed E-state index contributed by atoms with van der Waals surface area (Å²) >= 11 is 1.47. The van der Waals surface area contributed by atoms with Crippen molar-refractivity contribution in [2.24, 2.45) is 0 Å².